The number of pyridine rings is 1. The number of nitrogens with zero attached hydrogens (tertiary/aromatic N) is 1. The highest BCUT2D eigenvalue weighted by molar-refractivity contribution is 5.89. The SMILES string of the molecule is COC(=O)c1ccc(-c2ccc([N+](=O)[O-])c(=O)[nH]2)cc1. The first-order valence-corrected chi connectivity index (χ1v) is 5.59. The summed E-state index contributed by atoms with van der Waals surface area (Å²) < 4.78 is 4.57. The van der Waals surface area contributed by atoms with Crippen molar-refractivity contribution in [2.45, 2.75) is 0 Å². The van der Waals surface area contributed by atoms with Crippen LogP contribution in [0.5, 0.6) is 0 Å². The Labute approximate surface area is 113 Å². The number of methoxy groups -OCH3 is 1. The minimum Gasteiger partial charge on any atom is -0.465 e. The highest BCUT2D eigenvalue weighted by Crippen LogP contribution is 2.18. The summed E-state index contributed by atoms with van der Waals surface area (Å²) >= 11 is 0. The first-order chi connectivity index (χ1) is 9.52. The van der Waals surface area contributed by atoms with Gasteiger partial charge in [0.15, 0.2) is 0 Å². The third kappa shape index (κ3) is 2.56. The second-order valence-electron chi connectivity index (χ2n) is 3.91. The van der Waals surface area contributed by atoms with E-state index in [1.54, 1.807) is 24.3 Å². The number of hydrogen-bond acceptors (Lipinski definition) is 5. The van der Waals surface area contributed by atoms with E-state index in [0.29, 0.717) is 16.8 Å². The fourth-order valence-corrected chi connectivity index (χ4v) is 1.68. The fraction of sp³-hybridized carbons (Fsp3) is 0.0769. The van der Waals surface area contributed by atoms with Crippen LogP contribution in [-0.2, 0) is 4.74 Å². The van der Waals surface area contributed by atoms with Gasteiger partial charge in [-0.15, -0.1) is 0 Å². The lowest BCUT2D eigenvalue weighted by molar-refractivity contribution is -0.386. The smallest absolute Gasteiger partial charge is 0.337 e. The lowest BCUT2D eigenvalue weighted by Crippen LogP contribution is -2.11. The van der Waals surface area contributed by atoms with E-state index in [9.17, 15) is 19.7 Å². The molecular formula is C13H10N2O5. The van der Waals surface area contributed by atoms with Gasteiger partial charge in [0.05, 0.1) is 17.6 Å². The number of H-pyrrole nitrogens is 1. The van der Waals surface area contributed by atoms with Crippen LogP contribution < -0.4 is 5.56 Å². The number of nitro groups is 1. The molecule has 2 rings (SSSR count). The van der Waals surface area contributed by atoms with Gasteiger partial charge in [-0.05, 0) is 23.8 Å². The highest BCUT2D eigenvalue weighted by atomic mass is 16.6. The molecular weight excluding hydrogens is 264 g/mol. The van der Waals surface area contributed by atoms with Gasteiger partial charge >= 0.3 is 17.2 Å². The van der Waals surface area contributed by atoms with Crippen molar-refractivity contribution in [3.63, 3.8) is 0 Å². The summed E-state index contributed by atoms with van der Waals surface area (Å²) in [7, 11) is 1.28. The van der Waals surface area contributed by atoms with Gasteiger partial charge in [-0.3, -0.25) is 14.9 Å². The van der Waals surface area contributed by atoms with Gasteiger partial charge in [0.25, 0.3) is 0 Å². The van der Waals surface area contributed by atoms with E-state index in [-0.39, 0.29) is 0 Å². The average molecular weight is 274 g/mol. The van der Waals surface area contributed by atoms with Gasteiger partial charge in [0, 0.05) is 11.8 Å². The molecule has 0 amide bonds. The van der Waals surface area contributed by atoms with Crippen LogP contribution in [0.25, 0.3) is 11.3 Å². The number of carbonyl (C=O) groups is 1. The number of aromatic amines is 1. The van der Waals surface area contributed by atoms with Crippen molar-refractivity contribution >= 4 is 11.7 Å². The van der Waals surface area contributed by atoms with Crippen LogP contribution >= 0.6 is 0 Å². The number of esters is 1. The topological polar surface area (TPSA) is 102 Å². The Morgan fingerprint density at radius 2 is 1.85 bits per heavy atom. The van der Waals surface area contributed by atoms with Crippen LogP contribution in [0.15, 0.2) is 41.2 Å². The standard InChI is InChI=1S/C13H10N2O5/c1-20-13(17)9-4-2-8(3-5-9)10-6-7-11(15(18)19)12(16)14-10/h2-7H,1H3,(H,14,16). The Morgan fingerprint density at radius 1 is 1.20 bits per heavy atom. The number of aromatic nitrogens is 1. The molecule has 0 saturated carbocycles. The van der Waals surface area contributed by atoms with Crippen molar-refractivity contribution in [1.82, 2.24) is 4.98 Å². The third-order valence-corrected chi connectivity index (χ3v) is 2.70. The quantitative estimate of drug-likeness (QED) is 0.521. The zero-order valence-corrected chi connectivity index (χ0v) is 10.5. The number of hydrogen-bond donors (Lipinski definition) is 1. The average Bonchev–Trinajstić information content (AvgIpc) is 2.46. The first-order valence-electron chi connectivity index (χ1n) is 5.59. The molecule has 1 aromatic carbocycles. The van der Waals surface area contributed by atoms with E-state index < -0.39 is 22.1 Å². The number of nitrogens with one attached hydrogen (secondary N) is 1. The predicted octanol–water partition coefficient (Wildman–Crippen LogP) is 1.74. The van der Waals surface area contributed by atoms with E-state index in [2.05, 4.69) is 9.72 Å². The van der Waals surface area contributed by atoms with Gasteiger partial charge in [-0.1, -0.05) is 12.1 Å². The monoisotopic (exact) mass is 274 g/mol. The number of benzene rings is 1. The third-order valence-electron chi connectivity index (χ3n) is 2.70. The van der Waals surface area contributed by atoms with Crippen LogP contribution in [0.3, 0.4) is 0 Å². The molecule has 7 heteroatoms. The van der Waals surface area contributed by atoms with Crippen molar-refractivity contribution in [3.8, 4) is 11.3 Å². The number of ether oxygens (including phenoxy) is 1. The van der Waals surface area contributed by atoms with E-state index in [4.69, 9.17) is 0 Å². The summed E-state index contributed by atoms with van der Waals surface area (Å²) in [6.07, 6.45) is 0. The minimum atomic E-state index is -0.774. The summed E-state index contributed by atoms with van der Waals surface area (Å²) in [6.45, 7) is 0. The maximum Gasteiger partial charge on any atom is 0.337 e. The largest absolute Gasteiger partial charge is 0.465 e. The van der Waals surface area contributed by atoms with Gasteiger partial charge in [0.2, 0.25) is 0 Å². The molecule has 0 fully saturated rings. The number of carbonyl (C=O) groups excluding carboxylic acids is 1. The highest BCUT2D eigenvalue weighted by Gasteiger charge is 2.12. The zero-order chi connectivity index (χ0) is 14.7. The lowest BCUT2D eigenvalue weighted by atomic mass is 10.1. The van der Waals surface area contributed by atoms with E-state index in [1.807, 2.05) is 0 Å². The van der Waals surface area contributed by atoms with Gasteiger partial charge < -0.3 is 9.72 Å². The Balaban J connectivity index is 2.37. The maximum absolute atomic E-state index is 11.5. The molecule has 0 saturated heterocycles. The van der Waals surface area contributed by atoms with E-state index in [0.717, 1.165) is 6.07 Å². The van der Waals surface area contributed by atoms with E-state index >= 15 is 0 Å². The Kier molecular flexibility index (Phi) is 3.60. The van der Waals surface area contributed by atoms with E-state index in [1.165, 1.54) is 13.2 Å². The molecule has 2 aromatic rings. The summed E-state index contributed by atoms with van der Waals surface area (Å²) in [4.78, 5) is 35.0. The maximum atomic E-state index is 11.5. The summed E-state index contributed by atoms with van der Waals surface area (Å²) in [5.41, 5.74) is 0.145. The van der Waals surface area contributed by atoms with Gasteiger partial charge in [-0.25, -0.2) is 4.79 Å². The Morgan fingerprint density at radius 3 is 2.35 bits per heavy atom. The summed E-state index contributed by atoms with van der Waals surface area (Å²) in [5, 5.41) is 10.6. The van der Waals surface area contributed by atoms with Crippen LogP contribution in [0.4, 0.5) is 5.69 Å². The van der Waals surface area contributed by atoms with Crippen molar-refractivity contribution in [2.75, 3.05) is 7.11 Å². The summed E-state index contributed by atoms with van der Waals surface area (Å²) in [5.74, 6) is -0.464. The van der Waals surface area contributed by atoms with Crippen molar-refractivity contribution in [1.29, 1.82) is 0 Å². The molecule has 1 N–H and O–H groups in total. The van der Waals surface area contributed by atoms with Crippen molar-refractivity contribution in [2.24, 2.45) is 0 Å². The molecule has 0 aliphatic heterocycles. The molecule has 0 unspecified atom stereocenters. The second-order valence-corrected chi connectivity index (χ2v) is 3.91. The molecule has 1 heterocycles. The lowest BCUT2D eigenvalue weighted by Gasteiger charge is -2.03. The normalized spacial score (nSPS) is 10.1. The second kappa shape index (κ2) is 5.35. The molecule has 20 heavy (non-hydrogen) atoms. The van der Waals surface area contributed by atoms with Crippen LogP contribution in [0.2, 0.25) is 0 Å². The van der Waals surface area contributed by atoms with Gasteiger partial charge in [-0.2, -0.15) is 0 Å². The zero-order valence-electron chi connectivity index (χ0n) is 10.5. The molecule has 0 spiro atoms. The summed E-state index contributed by atoms with van der Waals surface area (Å²) in [6, 6.07) is 8.89. The Bertz CT molecular complexity index is 718. The van der Waals surface area contributed by atoms with Gasteiger partial charge in [0.1, 0.15) is 0 Å². The Hall–Kier alpha value is -2.96. The number of rotatable bonds is 3. The first kappa shape index (κ1) is 13.5. The molecule has 102 valence electrons. The molecule has 1 aromatic heterocycles. The molecule has 7 nitrogen and oxygen atoms in total. The molecule has 0 aliphatic rings. The minimum absolute atomic E-state index is 0.375. The molecule has 0 bridgehead atoms. The molecule has 0 aliphatic carbocycles. The fourth-order valence-electron chi connectivity index (χ4n) is 1.68. The molecule has 0 radical (unpaired) electrons. The predicted molar refractivity (Wildman–Crippen MR) is 70.5 cm³/mol. The van der Waals surface area contributed by atoms with Crippen LogP contribution in [0, 0.1) is 10.1 Å². The van der Waals surface area contributed by atoms with Crippen LogP contribution in [0.1, 0.15) is 10.4 Å². The molecule has 0 atom stereocenters. The van der Waals surface area contributed by atoms with Crippen molar-refractivity contribution in [3.05, 3.63) is 62.4 Å². The van der Waals surface area contributed by atoms with Crippen LogP contribution in [-0.4, -0.2) is 23.0 Å². The van der Waals surface area contributed by atoms with Crippen molar-refractivity contribution < 1.29 is 14.5 Å².